The van der Waals surface area contributed by atoms with Gasteiger partial charge < -0.3 is 19.3 Å². The van der Waals surface area contributed by atoms with Gasteiger partial charge in [0.15, 0.2) is 0 Å². The van der Waals surface area contributed by atoms with Gasteiger partial charge in [0.1, 0.15) is 18.7 Å². The Morgan fingerprint density at radius 3 is 2.95 bits per heavy atom. The Morgan fingerprint density at radius 2 is 2.35 bits per heavy atom. The quantitative estimate of drug-likeness (QED) is 0.923. The van der Waals surface area contributed by atoms with Crippen molar-refractivity contribution in [1.29, 1.82) is 0 Å². The maximum absolute atomic E-state index is 14.3. The maximum Gasteiger partial charge on any atom is 0.149 e. The predicted molar refractivity (Wildman–Crippen MR) is 72.4 cm³/mol. The summed E-state index contributed by atoms with van der Waals surface area (Å²) in [5.74, 6) is -0.309. The molecule has 0 saturated carbocycles. The van der Waals surface area contributed by atoms with Crippen molar-refractivity contribution in [2.45, 2.75) is 13.0 Å². The fourth-order valence-corrected chi connectivity index (χ4v) is 2.34. The van der Waals surface area contributed by atoms with Gasteiger partial charge in [-0.25, -0.2) is 9.37 Å². The molecule has 0 amide bonds. The van der Waals surface area contributed by atoms with E-state index in [9.17, 15) is 4.39 Å². The van der Waals surface area contributed by atoms with Crippen LogP contribution in [0, 0.1) is 12.7 Å². The molecule has 1 aliphatic heterocycles. The summed E-state index contributed by atoms with van der Waals surface area (Å²) in [7, 11) is 0. The van der Waals surface area contributed by atoms with E-state index in [-0.39, 0.29) is 18.5 Å². The molecule has 0 radical (unpaired) electrons. The SMILES string of the molecule is Cc1cncn1-c1ccc(N2CO[C@@H](CO)C2)cc1F. The lowest BCUT2D eigenvalue weighted by Gasteiger charge is -2.17. The van der Waals surface area contributed by atoms with Crippen molar-refractivity contribution in [3.8, 4) is 5.69 Å². The monoisotopic (exact) mass is 277 g/mol. The standard InChI is InChI=1S/C14H16FN3O2/c1-10-5-16-8-18(10)14-3-2-11(4-13(14)15)17-6-12(7-19)20-9-17/h2-5,8,12,19H,6-7,9H2,1H3/t12-/m1/s1. The molecule has 1 saturated heterocycles. The summed E-state index contributed by atoms with van der Waals surface area (Å²) in [5, 5.41) is 9.05. The second-order valence-electron chi connectivity index (χ2n) is 4.86. The number of anilines is 1. The smallest absolute Gasteiger partial charge is 0.149 e. The fraction of sp³-hybridized carbons (Fsp3) is 0.357. The average Bonchev–Trinajstić information content (AvgIpc) is 3.07. The van der Waals surface area contributed by atoms with Gasteiger partial charge in [-0.05, 0) is 25.1 Å². The summed E-state index contributed by atoms with van der Waals surface area (Å²) >= 11 is 0. The van der Waals surface area contributed by atoms with Gasteiger partial charge in [0.2, 0.25) is 0 Å². The first-order valence-corrected chi connectivity index (χ1v) is 6.45. The molecule has 1 aliphatic rings. The average molecular weight is 277 g/mol. The normalized spacial score (nSPS) is 18.8. The lowest BCUT2D eigenvalue weighted by atomic mass is 10.2. The van der Waals surface area contributed by atoms with E-state index in [4.69, 9.17) is 9.84 Å². The number of rotatable bonds is 3. The van der Waals surface area contributed by atoms with Gasteiger partial charge in [0, 0.05) is 24.1 Å². The topological polar surface area (TPSA) is 50.5 Å². The number of nitrogens with zero attached hydrogens (tertiary/aromatic N) is 3. The van der Waals surface area contributed by atoms with E-state index in [1.807, 2.05) is 17.9 Å². The summed E-state index contributed by atoms with van der Waals surface area (Å²) < 4.78 is 21.3. The minimum atomic E-state index is -0.309. The van der Waals surface area contributed by atoms with Gasteiger partial charge in [0.05, 0.1) is 18.6 Å². The van der Waals surface area contributed by atoms with Gasteiger partial charge in [-0.1, -0.05) is 0 Å². The molecule has 2 heterocycles. The number of benzene rings is 1. The minimum absolute atomic E-state index is 0.0225. The first-order valence-electron chi connectivity index (χ1n) is 6.45. The zero-order chi connectivity index (χ0) is 14.1. The van der Waals surface area contributed by atoms with Gasteiger partial charge >= 0.3 is 0 Å². The Balaban J connectivity index is 1.87. The molecule has 20 heavy (non-hydrogen) atoms. The molecule has 6 heteroatoms. The number of halogens is 1. The molecule has 1 atom stereocenters. The Labute approximate surface area is 116 Å². The molecule has 0 unspecified atom stereocenters. The molecule has 1 aromatic carbocycles. The first kappa shape index (κ1) is 13.1. The maximum atomic E-state index is 14.3. The zero-order valence-electron chi connectivity index (χ0n) is 11.2. The highest BCUT2D eigenvalue weighted by molar-refractivity contribution is 5.52. The van der Waals surface area contributed by atoms with Crippen LogP contribution in [0.25, 0.3) is 5.69 Å². The van der Waals surface area contributed by atoms with Crippen LogP contribution in [-0.2, 0) is 4.74 Å². The van der Waals surface area contributed by atoms with E-state index >= 15 is 0 Å². The van der Waals surface area contributed by atoms with Crippen molar-refractivity contribution >= 4 is 5.69 Å². The summed E-state index contributed by atoms with van der Waals surface area (Å²) in [6.07, 6.45) is 3.08. The summed E-state index contributed by atoms with van der Waals surface area (Å²) in [6.45, 7) is 2.79. The van der Waals surface area contributed by atoms with E-state index < -0.39 is 0 Å². The summed E-state index contributed by atoms with van der Waals surface area (Å²) in [5.41, 5.74) is 2.10. The second kappa shape index (κ2) is 5.22. The third-order valence-corrected chi connectivity index (χ3v) is 3.47. The first-order chi connectivity index (χ1) is 9.69. The van der Waals surface area contributed by atoms with Gasteiger partial charge in [-0.3, -0.25) is 0 Å². The molecule has 1 N–H and O–H groups in total. The molecule has 1 aromatic heterocycles. The fourth-order valence-electron chi connectivity index (χ4n) is 2.34. The van der Waals surface area contributed by atoms with Crippen LogP contribution in [0.3, 0.4) is 0 Å². The number of aliphatic hydroxyl groups is 1. The third-order valence-electron chi connectivity index (χ3n) is 3.47. The van der Waals surface area contributed by atoms with Crippen LogP contribution < -0.4 is 4.90 Å². The van der Waals surface area contributed by atoms with Crippen LogP contribution >= 0.6 is 0 Å². The van der Waals surface area contributed by atoms with Gasteiger partial charge in [-0.2, -0.15) is 0 Å². The van der Waals surface area contributed by atoms with E-state index in [0.29, 0.717) is 19.0 Å². The second-order valence-corrected chi connectivity index (χ2v) is 4.86. The Kier molecular flexibility index (Phi) is 3.42. The van der Waals surface area contributed by atoms with Crippen molar-refractivity contribution in [2.24, 2.45) is 0 Å². The molecule has 5 nitrogen and oxygen atoms in total. The Hall–Kier alpha value is -1.92. The van der Waals surface area contributed by atoms with E-state index in [1.165, 1.54) is 6.07 Å². The minimum Gasteiger partial charge on any atom is -0.394 e. The highest BCUT2D eigenvalue weighted by atomic mass is 19.1. The molecular formula is C14H16FN3O2. The number of aliphatic hydroxyl groups excluding tert-OH is 1. The molecule has 106 valence electrons. The summed E-state index contributed by atoms with van der Waals surface area (Å²) in [6, 6.07) is 5.06. The van der Waals surface area contributed by atoms with Crippen molar-refractivity contribution in [2.75, 3.05) is 24.8 Å². The lowest BCUT2D eigenvalue weighted by Crippen LogP contribution is -2.23. The number of imidazole rings is 1. The van der Waals surface area contributed by atoms with Crippen LogP contribution in [0.1, 0.15) is 5.69 Å². The van der Waals surface area contributed by atoms with Crippen LogP contribution in [0.2, 0.25) is 0 Å². The number of aromatic nitrogens is 2. The van der Waals surface area contributed by atoms with Crippen molar-refractivity contribution in [3.05, 3.63) is 42.2 Å². The Bertz CT molecular complexity index is 614. The van der Waals surface area contributed by atoms with E-state index in [2.05, 4.69) is 4.98 Å². The van der Waals surface area contributed by atoms with Gasteiger partial charge in [0.25, 0.3) is 0 Å². The molecule has 3 rings (SSSR count). The molecule has 0 bridgehead atoms. The number of hydrogen-bond donors (Lipinski definition) is 1. The van der Waals surface area contributed by atoms with Crippen LogP contribution in [0.4, 0.5) is 10.1 Å². The molecule has 2 aromatic rings. The zero-order valence-corrected chi connectivity index (χ0v) is 11.2. The molecule has 0 spiro atoms. The highest BCUT2D eigenvalue weighted by Gasteiger charge is 2.23. The van der Waals surface area contributed by atoms with Crippen molar-refractivity contribution in [1.82, 2.24) is 9.55 Å². The number of ether oxygens (including phenoxy) is 1. The number of aryl methyl sites for hydroxylation is 1. The highest BCUT2D eigenvalue weighted by Crippen LogP contribution is 2.24. The molecule has 1 fully saturated rings. The van der Waals surface area contributed by atoms with Crippen molar-refractivity contribution < 1.29 is 14.2 Å². The molecular weight excluding hydrogens is 261 g/mol. The lowest BCUT2D eigenvalue weighted by molar-refractivity contribution is 0.0645. The predicted octanol–water partition coefficient (Wildman–Crippen LogP) is 1.47. The Morgan fingerprint density at radius 1 is 1.50 bits per heavy atom. The largest absolute Gasteiger partial charge is 0.394 e. The van der Waals surface area contributed by atoms with E-state index in [0.717, 1.165) is 11.4 Å². The number of hydrogen-bond acceptors (Lipinski definition) is 4. The van der Waals surface area contributed by atoms with Crippen LogP contribution in [0.15, 0.2) is 30.7 Å². The van der Waals surface area contributed by atoms with Crippen LogP contribution in [0.5, 0.6) is 0 Å². The van der Waals surface area contributed by atoms with Gasteiger partial charge in [-0.15, -0.1) is 0 Å². The third kappa shape index (κ3) is 2.28. The van der Waals surface area contributed by atoms with Crippen molar-refractivity contribution in [3.63, 3.8) is 0 Å². The summed E-state index contributed by atoms with van der Waals surface area (Å²) in [4.78, 5) is 5.90. The van der Waals surface area contributed by atoms with Crippen LogP contribution in [-0.4, -0.2) is 40.6 Å². The van der Waals surface area contributed by atoms with E-state index in [1.54, 1.807) is 23.2 Å². The molecule has 0 aliphatic carbocycles.